The average Bonchev–Trinajstić information content (AvgIpc) is 3.27. The van der Waals surface area contributed by atoms with Crippen LogP contribution in [-0.4, -0.2) is 45.3 Å². The molecule has 3 heterocycles. The van der Waals surface area contributed by atoms with Gasteiger partial charge in [0.25, 0.3) is 5.91 Å². The molecule has 39 heavy (non-hydrogen) atoms. The number of hydrogen-bond donors (Lipinski definition) is 3. The first-order chi connectivity index (χ1) is 18.4. The summed E-state index contributed by atoms with van der Waals surface area (Å²) in [5.41, 5.74) is 7.22. The monoisotopic (exact) mass is 529 g/mol. The minimum atomic E-state index is -1.64. The van der Waals surface area contributed by atoms with E-state index in [0.29, 0.717) is 33.7 Å². The Balaban J connectivity index is 1.49. The number of nitrogens with one attached hydrogen (secondary N) is 1. The summed E-state index contributed by atoms with van der Waals surface area (Å²) in [7, 11) is 0. The zero-order chi connectivity index (χ0) is 28.1. The lowest BCUT2D eigenvalue weighted by atomic mass is 9.82. The molecular formula is C29H28FN5O4. The molecule has 0 saturated carbocycles. The molecule has 4 N–H and O–H groups in total. The minimum Gasteiger partial charge on any atom is -0.489 e. The number of aromatic nitrogens is 3. The number of hydrogen-bond acceptors (Lipinski definition) is 7. The number of nitrogens with two attached hydrogens (primary N) is 1. The highest BCUT2D eigenvalue weighted by molar-refractivity contribution is 5.98. The second-order valence-electron chi connectivity index (χ2n) is 10.3. The van der Waals surface area contributed by atoms with E-state index in [1.807, 2.05) is 13.8 Å². The van der Waals surface area contributed by atoms with Gasteiger partial charge in [-0.15, -0.1) is 0 Å². The Bertz CT molecular complexity index is 1640. The van der Waals surface area contributed by atoms with E-state index in [-0.39, 0.29) is 18.8 Å². The van der Waals surface area contributed by atoms with Gasteiger partial charge in [-0.1, -0.05) is 0 Å². The van der Waals surface area contributed by atoms with Crippen LogP contribution in [0.15, 0.2) is 48.5 Å². The van der Waals surface area contributed by atoms with Crippen LogP contribution in [0.5, 0.6) is 5.75 Å². The van der Waals surface area contributed by atoms with Gasteiger partial charge in [0.05, 0.1) is 23.4 Å². The van der Waals surface area contributed by atoms with Crippen molar-refractivity contribution < 1.29 is 23.8 Å². The second kappa shape index (κ2) is 9.39. The summed E-state index contributed by atoms with van der Waals surface area (Å²) in [5, 5.41) is 23.3. The largest absolute Gasteiger partial charge is 0.489 e. The van der Waals surface area contributed by atoms with Crippen LogP contribution in [0.2, 0.25) is 0 Å². The number of fused-ring (bicyclic) bond motifs is 2. The third kappa shape index (κ3) is 4.57. The molecule has 1 aliphatic heterocycles. The minimum absolute atomic E-state index is 0.00110. The Morgan fingerprint density at radius 1 is 1.15 bits per heavy atom. The van der Waals surface area contributed by atoms with E-state index >= 15 is 0 Å². The van der Waals surface area contributed by atoms with Crippen LogP contribution in [0.4, 0.5) is 4.39 Å². The summed E-state index contributed by atoms with van der Waals surface area (Å²) in [6.45, 7) is 6.76. The standard InChI is InChI=1S/C29H28FN5O4/c1-15-16(2)34-35-22-10-7-18(11-20(15)22)26(36)32-13-29(4,38)23-12-21-25(39-14-28(21,3)27(31)37)24(33-23)17-5-8-19(30)9-6-17/h5-12,38H,13-14H2,1-4H3,(H2,31,37)(H,32,36)/t28-,29-/m0/s1. The highest BCUT2D eigenvalue weighted by Gasteiger charge is 2.45. The van der Waals surface area contributed by atoms with Gasteiger partial charge in [0.15, 0.2) is 0 Å². The van der Waals surface area contributed by atoms with Crippen molar-refractivity contribution in [3.05, 3.63) is 82.4 Å². The van der Waals surface area contributed by atoms with Crippen LogP contribution >= 0.6 is 0 Å². The van der Waals surface area contributed by atoms with Gasteiger partial charge in [-0.25, -0.2) is 9.37 Å². The highest BCUT2D eigenvalue weighted by Crippen LogP contribution is 2.45. The number of carbonyl (C=O) groups is 2. The Kier molecular flexibility index (Phi) is 6.30. The summed E-state index contributed by atoms with van der Waals surface area (Å²) < 4.78 is 19.5. The SMILES string of the molecule is Cc1nnc2ccc(C(=O)NC[C@](C)(O)c3cc4c(c(-c5ccc(F)cc5)n3)OC[C@]4(C)C(N)=O)cc2c1C. The summed E-state index contributed by atoms with van der Waals surface area (Å²) >= 11 is 0. The van der Waals surface area contributed by atoms with Crippen molar-refractivity contribution in [3.8, 4) is 17.0 Å². The van der Waals surface area contributed by atoms with E-state index in [1.54, 1.807) is 31.2 Å². The van der Waals surface area contributed by atoms with Crippen LogP contribution in [-0.2, 0) is 15.8 Å². The quantitative estimate of drug-likeness (QED) is 0.348. The Hall–Kier alpha value is -4.44. The van der Waals surface area contributed by atoms with Crippen LogP contribution in [0.25, 0.3) is 22.2 Å². The molecule has 0 unspecified atom stereocenters. The maximum Gasteiger partial charge on any atom is 0.251 e. The lowest BCUT2D eigenvalue weighted by Crippen LogP contribution is -2.41. The molecule has 200 valence electrons. The smallest absolute Gasteiger partial charge is 0.251 e. The fraction of sp³-hybridized carbons (Fsp3) is 0.276. The van der Waals surface area contributed by atoms with Crippen LogP contribution < -0.4 is 15.8 Å². The Morgan fingerprint density at radius 3 is 2.56 bits per heavy atom. The van der Waals surface area contributed by atoms with Crippen molar-refractivity contribution in [2.75, 3.05) is 13.2 Å². The summed E-state index contributed by atoms with van der Waals surface area (Å²) in [6, 6.07) is 12.3. The van der Waals surface area contributed by atoms with Gasteiger partial charge in [0.2, 0.25) is 5.91 Å². The number of nitrogens with zero attached hydrogens (tertiary/aromatic N) is 3. The second-order valence-corrected chi connectivity index (χ2v) is 10.3. The molecule has 10 heteroatoms. The summed E-state index contributed by atoms with van der Waals surface area (Å²) in [4.78, 5) is 30.1. The number of aliphatic hydroxyl groups is 1. The molecule has 0 fully saturated rings. The third-order valence-corrected chi connectivity index (χ3v) is 7.39. The number of pyridine rings is 1. The molecule has 0 aliphatic carbocycles. The fourth-order valence-electron chi connectivity index (χ4n) is 4.58. The first-order valence-electron chi connectivity index (χ1n) is 12.4. The molecule has 2 atom stereocenters. The number of primary amides is 1. The molecule has 2 aromatic heterocycles. The van der Waals surface area contributed by atoms with Gasteiger partial charge >= 0.3 is 0 Å². The van der Waals surface area contributed by atoms with Gasteiger partial charge in [-0.05, 0) is 81.8 Å². The molecule has 0 bridgehead atoms. The number of amides is 2. The molecule has 0 spiro atoms. The van der Waals surface area contributed by atoms with Crippen molar-refractivity contribution in [1.82, 2.24) is 20.5 Å². The molecule has 2 amide bonds. The number of carbonyl (C=O) groups excluding carboxylic acids is 2. The highest BCUT2D eigenvalue weighted by atomic mass is 19.1. The predicted molar refractivity (Wildman–Crippen MR) is 143 cm³/mol. The molecule has 9 nitrogen and oxygen atoms in total. The van der Waals surface area contributed by atoms with Gasteiger partial charge in [-0.3, -0.25) is 9.59 Å². The van der Waals surface area contributed by atoms with Gasteiger partial charge in [0, 0.05) is 22.1 Å². The maximum absolute atomic E-state index is 13.6. The fourth-order valence-corrected chi connectivity index (χ4v) is 4.58. The molecular weight excluding hydrogens is 501 g/mol. The van der Waals surface area contributed by atoms with E-state index in [2.05, 4.69) is 20.5 Å². The number of ether oxygens (including phenoxy) is 1. The van der Waals surface area contributed by atoms with Crippen molar-refractivity contribution in [2.24, 2.45) is 5.73 Å². The molecule has 0 radical (unpaired) electrons. The van der Waals surface area contributed by atoms with E-state index in [1.165, 1.54) is 31.2 Å². The van der Waals surface area contributed by atoms with E-state index < -0.39 is 28.6 Å². The first-order valence-corrected chi connectivity index (χ1v) is 12.4. The molecule has 4 aromatic rings. The number of benzene rings is 2. The average molecular weight is 530 g/mol. The predicted octanol–water partition coefficient (Wildman–Crippen LogP) is 3.22. The van der Waals surface area contributed by atoms with Crippen molar-refractivity contribution in [2.45, 2.75) is 38.7 Å². The van der Waals surface area contributed by atoms with Crippen LogP contribution in [0.3, 0.4) is 0 Å². The van der Waals surface area contributed by atoms with E-state index in [9.17, 15) is 19.1 Å². The molecule has 0 saturated heterocycles. The first kappa shape index (κ1) is 26.2. The third-order valence-electron chi connectivity index (χ3n) is 7.39. The zero-order valence-electron chi connectivity index (χ0n) is 22.0. The lowest BCUT2D eigenvalue weighted by molar-refractivity contribution is -0.123. The summed E-state index contributed by atoms with van der Waals surface area (Å²) in [5.74, 6) is -1.06. The summed E-state index contributed by atoms with van der Waals surface area (Å²) in [6.07, 6.45) is 0. The van der Waals surface area contributed by atoms with Gasteiger partial charge in [-0.2, -0.15) is 10.2 Å². The Labute approximate surface area is 224 Å². The van der Waals surface area contributed by atoms with Gasteiger partial charge in [0.1, 0.15) is 34.9 Å². The number of rotatable bonds is 6. The van der Waals surface area contributed by atoms with Crippen LogP contribution in [0.1, 0.15) is 46.7 Å². The van der Waals surface area contributed by atoms with Gasteiger partial charge < -0.3 is 20.9 Å². The Morgan fingerprint density at radius 2 is 1.87 bits per heavy atom. The topological polar surface area (TPSA) is 140 Å². The molecule has 1 aliphatic rings. The van der Waals surface area contributed by atoms with Crippen molar-refractivity contribution >= 4 is 22.7 Å². The lowest BCUT2D eigenvalue weighted by Gasteiger charge is -2.26. The number of aryl methyl sites for hydroxylation is 2. The van der Waals surface area contributed by atoms with Crippen LogP contribution in [0, 0.1) is 19.7 Å². The molecule has 5 rings (SSSR count). The zero-order valence-corrected chi connectivity index (χ0v) is 22.0. The number of halogens is 1. The normalized spacial score (nSPS) is 17.8. The van der Waals surface area contributed by atoms with E-state index in [0.717, 1.165) is 16.6 Å². The molecule has 2 aromatic carbocycles. The van der Waals surface area contributed by atoms with E-state index in [4.69, 9.17) is 10.5 Å². The van der Waals surface area contributed by atoms with Crippen molar-refractivity contribution in [3.63, 3.8) is 0 Å². The maximum atomic E-state index is 13.6. The van der Waals surface area contributed by atoms with Crippen molar-refractivity contribution in [1.29, 1.82) is 0 Å².